The van der Waals surface area contributed by atoms with Gasteiger partial charge in [-0.15, -0.1) is 0 Å². The van der Waals surface area contributed by atoms with Gasteiger partial charge in [-0.05, 0) is 32.6 Å². The Kier molecular flexibility index (Phi) is 9.62. The molecule has 3 atom stereocenters. The Bertz CT molecular complexity index is 573. The van der Waals surface area contributed by atoms with Crippen molar-refractivity contribution in [3.63, 3.8) is 0 Å². The quantitative estimate of drug-likeness (QED) is 0.156. The molecule has 2 aliphatic rings. The van der Waals surface area contributed by atoms with Gasteiger partial charge in [0.05, 0.1) is 17.4 Å². The maximum Gasteiger partial charge on any atom is 0.236 e. The van der Waals surface area contributed by atoms with E-state index in [1.807, 2.05) is 18.7 Å². The molecule has 166 valence electrons. The highest BCUT2D eigenvalue weighted by Crippen LogP contribution is 2.40. The van der Waals surface area contributed by atoms with Gasteiger partial charge < -0.3 is 16.0 Å². The van der Waals surface area contributed by atoms with Crippen molar-refractivity contribution >= 4 is 23.6 Å². The fraction of sp³-hybridized carbons (Fsp3) is 0.810. The van der Waals surface area contributed by atoms with E-state index >= 15 is 0 Å². The number of carbonyl (C=O) groups excluding carboxylic acids is 2. The number of rotatable bonds is 13. The van der Waals surface area contributed by atoms with Gasteiger partial charge in [0.25, 0.3) is 0 Å². The predicted octanol–water partition coefficient (Wildman–Crippen LogP) is 2.24. The summed E-state index contributed by atoms with van der Waals surface area (Å²) in [5.41, 5.74) is 0.109. The minimum atomic E-state index is 0.0400. The van der Waals surface area contributed by atoms with Crippen molar-refractivity contribution in [3.05, 3.63) is 12.4 Å². The summed E-state index contributed by atoms with van der Waals surface area (Å²) in [4.78, 5) is 23.3. The molecule has 0 aromatic heterocycles. The summed E-state index contributed by atoms with van der Waals surface area (Å²) in [6.45, 7) is 9.45. The first-order chi connectivity index (χ1) is 13.9. The van der Waals surface area contributed by atoms with Gasteiger partial charge in [-0.25, -0.2) is 5.84 Å². The SMILES string of the molecule is C=C1N[C@@H]2C(CCCCC(=O)N(N)CCCCCCNC(=O)CC)SC[C@]2(C)N1. The van der Waals surface area contributed by atoms with Gasteiger partial charge in [-0.3, -0.25) is 14.6 Å². The molecule has 8 heteroatoms. The van der Waals surface area contributed by atoms with Crippen LogP contribution < -0.4 is 21.8 Å². The Morgan fingerprint density at radius 1 is 1.28 bits per heavy atom. The smallest absolute Gasteiger partial charge is 0.236 e. The van der Waals surface area contributed by atoms with Crippen molar-refractivity contribution in [3.8, 4) is 0 Å². The number of nitrogens with one attached hydrogen (secondary N) is 3. The lowest BCUT2D eigenvalue weighted by Gasteiger charge is -2.24. The normalized spacial score (nSPS) is 25.3. The van der Waals surface area contributed by atoms with Gasteiger partial charge in [-0.1, -0.05) is 32.8 Å². The zero-order valence-corrected chi connectivity index (χ0v) is 18.9. The van der Waals surface area contributed by atoms with Crippen molar-refractivity contribution < 1.29 is 9.59 Å². The summed E-state index contributed by atoms with van der Waals surface area (Å²) in [6, 6.07) is 0.428. The molecule has 1 unspecified atom stereocenters. The summed E-state index contributed by atoms with van der Waals surface area (Å²) in [5.74, 6) is 8.09. The van der Waals surface area contributed by atoms with E-state index in [0.29, 0.717) is 30.7 Å². The zero-order valence-electron chi connectivity index (χ0n) is 18.1. The summed E-state index contributed by atoms with van der Waals surface area (Å²) in [7, 11) is 0. The zero-order chi connectivity index (χ0) is 21.3. The molecule has 2 aliphatic heterocycles. The van der Waals surface area contributed by atoms with Crippen LogP contribution in [0.25, 0.3) is 0 Å². The molecule has 0 aromatic carbocycles. The highest BCUT2D eigenvalue weighted by molar-refractivity contribution is 8.00. The van der Waals surface area contributed by atoms with Gasteiger partial charge in [0.15, 0.2) is 0 Å². The second-order valence-corrected chi connectivity index (χ2v) is 9.67. The topological polar surface area (TPSA) is 99.5 Å². The molecule has 2 rings (SSSR count). The van der Waals surface area contributed by atoms with Crippen LogP contribution in [-0.4, -0.2) is 52.5 Å². The molecule has 29 heavy (non-hydrogen) atoms. The lowest BCUT2D eigenvalue weighted by Crippen LogP contribution is -2.47. The predicted molar refractivity (Wildman–Crippen MR) is 120 cm³/mol. The average Bonchev–Trinajstić information content (AvgIpc) is 3.15. The first kappa shape index (κ1) is 23.9. The molecule has 0 bridgehead atoms. The molecular formula is C21H39N5O2S. The monoisotopic (exact) mass is 425 g/mol. The van der Waals surface area contributed by atoms with E-state index in [9.17, 15) is 9.59 Å². The lowest BCUT2D eigenvalue weighted by atomic mass is 9.92. The second-order valence-electron chi connectivity index (χ2n) is 8.44. The van der Waals surface area contributed by atoms with Gasteiger partial charge in [0.2, 0.25) is 11.8 Å². The molecule has 2 fully saturated rings. The van der Waals surface area contributed by atoms with Crippen LogP contribution >= 0.6 is 11.8 Å². The third kappa shape index (κ3) is 7.41. The van der Waals surface area contributed by atoms with Crippen molar-refractivity contribution in [2.75, 3.05) is 18.8 Å². The standard InChI is InChI=1S/C21H39N5O2S/c1-4-18(27)23-13-9-5-6-10-14-26(22)19(28)12-8-7-11-17-20-21(3,15-29-17)25-16(2)24-20/h17,20,24-25H,2,4-15,22H2,1,3H3,(H,23,27)/t17?,20-,21+/m1/s1. The number of nitrogens with two attached hydrogens (primary N) is 1. The number of hydrogen-bond donors (Lipinski definition) is 4. The Balaban J connectivity index is 1.49. The Morgan fingerprint density at radius 3 is 2.79 bits per heavy atom. The minimum Gasteiger partial charge on any atom is -0.366 e. The highest BCUT2D eigenvalue weighted by Gasteiger charge is 2.49. The summed E-state index contributed by atoms with van der Waals surface area (Å²) >= 11 is 2.01. The Labute approximate surface area is 180 Å². The van der Waals surface area contributed by atoms with Crippen LogP contribution in [0.5, 0.6) is 0 Å². The number of thioether (sulfide) groups is 1. The molecule has 0 saturated carbocycles. The van der Waals surface area contributed by atoms with Gasteiger partial charge >= 0.3 is 0 Å². The number of hydrazine groups is 1. The summed E-state index contributed by atoms with van der Waals surface area (Å²) in [5, 5.41) is 11.8. The molecule has 2 amide bonds. The van der Waals surface area contributed by atoms with Crippen molar-refractivity contribution in [1.82, 2.24) is 21.0 Å². The van der Waals surface area contributed by atoms with E-state index in [1.165, 1.54) is 5.01 Å². The van der Waals surface area contributed by atoms with E-state index < -0.39 is 0 Å². The number of carbonyl (C=O) groups is 2. The first-order valence-electron chi connectivity index (χ1n) is 11.0. The van der Waals surface area contributed by atoms with Gasteiger partial charge in [-0.2, -0.15) is 11.8 Å². The molecular weight excluding hydrogens is 386 g/mol. The molecule has 5 N–H and O–H groups in total. The molecule has 7 nitrogen and oxygen atoms in total. The van der Waals surface area contributed by atoms with Crippen LogP contribution in [0.1, 0.15) is 71.6 Å². The van der Waals surface area contributed by atoms with Gasteiger partial charge in [0, 0.05) is 36.9 Å². The largest absolute Gasteiger partial charge is 0.366 e. The molecule has 2 saturated heterocycles. The van der Waals surface area contributed by atoms with Crippen molar-refractivity contribution in [2.24, 2.45) is 5.84 Å². The highest BCUT2D eigenvalue weighted by atomic mass is 32.2. The van der Waals surface area contributed by atoms with Crippen LogP contribution in [0.4, 0.5) is 0 Å². The van der Waals surface area contributed by atoms with Crippen molar-refractivity contribution in [1.29, 1.82) is 0 Å². The van der Waals surface area contributed by atoms with Crippen LogP contribution in [-0.2, 0) is 9.59 Å². The van der Waals surface area contributed by atoms with E-state index in [1.54, 1.807) is 0 Å². The number of amides is 2. The third-order valence-electron chi connectivity index (χ3n) is 5.84. The second kappa shape index (κ2) is 11.7. The Hall–Kier alpha value is -1.41. The fourth-order valence-corrected chi connectivity index (χ4v) is 5.77. The summed E-state index contributed by atoms with van der Waals surface area (Å²) < 4.78 is 0. The maximum atomic E-state index is 12.2. The van der Waals surface area contributed by atoms with Gasteiger partial charge in [0.1, 0.15) is 0 Å². The molecule has 0 radical (unpaired) electrons. The summed E-state index contributed by atoms with van der Waals surface area (Å²) in [6.07, 6.45) is 8.05. The van der Waals surface area contributed by atoms with Crippen LogP contribution in [0.3, 0.4) is 0 Å². The first-order valence-corrected chi connectivity index (χ1v) is 12.1. The third-order valence-corrected chi connectivity index (χ3v) is 7.54. The minimum absolute atomic E-state index is 0.0400. The number of unbranched alkanes of at least 4 members (excludes halogenated alkanes) is 4. The molecule has 0 aromatic rings. The Morgan fingerprint density at radius 2 is 2.03 bits per heavy atom. The number of nitrogens with zero attached hydrogens (tertiary/aromatic N) is 1. The lowest BCUT2D eigenvalue weighted by molar-refractivity contribution is -0.131. The van der Waals surface area contributed by atoms with E-state index in [4.69, 9.17) is 5.84 Å². The van der Waals surface area contributed by atoms with Crippen molar-refractivity contribution in [2.45, 2.75) is 88.5 Å². The maximum absolute atomic E-state index is 12.2. The van der Waals surface area contributed by atoms with Crippen LogP contribution in [0.2, 0.25) is 0 Å². The molecule has 0 spiro atoms. The molecule has 0 aliphatic carbocycles. The van der Waals surface area contributed by atoms with E-state index in [-0.39, 0.29) is 17.4 Å². The van der Waals surface area contributed by atoms with Crippen LogP contribution in [0, 0.1) is 0 Å². The molecule has 2 heterocycles. The van der Waals surface area contributed by atoms with E-state index in [2.05, 4.69) is 29.5 Å². The number of hydrogen-bond acceptors (Lipinski definition) is 6. The van der Waals surface area contributed by atoms with Crippen LogP contribution in [0.15, 0.2) is 12.4 Å². The number of fused-ring (bicyclic) bond motifs is 1. The average molecular weight is 426 g/mol. The fourth-order valence-electron chi connectivity index (χ4n) is 4.06. The van der Waals surface area contributed by atoms with E-state index in [0.717, 1.165) is 63.1 Å².